The average Bonchev–Trinajstić information content (AvgIpc) is 2.25. The molecule has 0 saturated carbocycles. The predicted octanol–water partition coefficient (Wildman–Crippen LogP) is 4.24. The van der Waals surface area contributed by atoms with Crippen molar-refractivity contribution in [3.63, 3.8) is 0 Å². The van der Waals surface area contributed by atoms with Gasteiger partial charge in [0.1, 0.15) is 5.75 Å². The van der Waals surface area contributed by atoms with E-state index in [0.717, 1.165) is 6.08 Å². The van der Waals surface area contributed by atoms with E-state index in [4.69, 9.17) is 16.3 Å². The van der Waals surface area contributed by atoms with Crippen LogP contribution < -0.4 is 4.74 Å². The molecular formula is C12H10ClF3O. The topological polar surface area (TPSA) is 9.23 Å². The maximum absolute atomic E-state index is 12.5. The molecule has 0 radical (unpaired) electrons. The molecule has 1 aliphatic heterocycles. The minimum Gasteiger partial charge on any atom is -0.476 e. The molecule has 5 heteroatoms. The summed E-state index contributed by atoms with van der Waals surface area (Å²) in [5.74, 6) is 0.279. The zero-order chi connectivity index (χ0) is 12.6. The number of ether oxygens (including phenoxy) is 1. The molecule has 2 rings (SSSR count). The number of alkyl halides is 3. The van der Waals surface area contributed by atoms with Crippen LogP contribution in [0.25, 0.3) is 6.08 Å². The molecule has 0 fully saturated rings. The van der Waals surface area contributed by atoms with Gasteiger partial charge < -0.3 is 4.74 Å². The van der Waals surface area contributed by atoms with Crippen LogP contribution in [-0.4, -0.2) is 12.3 Å². The van der Waals surface area contributed by atoms with E-state index in [1.807, 2.05) is 6.92 Å². The molecule has 1 nitrogen and oxygen atoms in total. The zero-order valence-corrected chi connectivity index (χ0v) is 9.77. The third-order valence-corrected chi connectivity index (χ3v) is 2.78. The van der Waals surface area contributed by atoms with Gasteiger partial charge >= 0.3 is 6.18 Å². The van der Waals surface area contributed by atoms with Crippen LogP contribution in [0.5, 0.6) is 5.75 Å². The van der Waals surface area contributed by atoms with Gasteiger partial charge in [-0.2, -0.15) is 13.2 Å². The fourth-order valence-corrected chi connectivity index (χ4v) is 1.99. The summed E-state index contributed by atoms with van der Waals surface area (Å²) in [6, 6.07) is 3.23. The zero-order valence-electron chi connectivity index (χ0n) is 9.01. The Morgan fingerprint density at radius 1 is 1.35 bits per heavy atom. The maximum Gasteiger partial charge on any atom is 0.429 e. The normalized spacial score (nSPS) is 18.8. The molecule has 17 heavy (non-hydrogen) atoms. The van der Waals surface area contributed by atoms with Crippen molar-refractivity contribution in [2.24, 2.45) is 0 Å². The summed E-state index contributed by atoms with van der Waals surface area (Å²) in [4.78, 5) is 0. The summed E-state index contributed by atoms with van der Waals surface area (Å²) in [6.07, 6.45) is -3.29. The van der Waals surface area contributed by atoms with Crippen LogP contribution in [0.4, 0.5) is 13.2 Å². The Kier molecular flexibility index (Phi) is 3.08. The van der Waals surface area contributed by atoms with Gasteiger partial charge in [0.15, 0.2) is 0 Å². The third kappa shape index (κ3) is 2.41. The first-order valence-electron chi connectivity index (χ1n) is 5.16. The summed E-state index contributed by atoms with van der Waals surface area (Å²) < 4.78 is 42.6. The molecule has 0 bridgehead atoms. The second-order valence-corrected chi connectivity index (χ2v) is 4.21. The van der Waals surface area contributed by atoms with Crippen molar-refractivity contribution in [3.8, 4) is 5.75 Å². The van der Waals surface area contributed by atoms with Crippen molar-refractivity contribution in [3.05, 3.63) is 34.4 Å². The van der Waals surface area contributed by atoms with Crippen LogP contribution in [0, 0.1) is 0 Å². The minimum atomic E-state index is -4.39. The Hall–Kier alpha value is -1.16. The lowest BCUT2D eigenvalue weighted by Gasteiger charge is -2.25. The molecule has 92 valence electrons. The highest BCUT2D eigenvalue weighted by molar-refractivity contribution is 6.30. The van der Waals surface area contributed by atoms with Crippen molar-refractivity contribution in [1.82, 2.24) is 0 Å². The van der Waals surface area contributed by atoms with Crippen molar-refractivity contribution in [2.75, 3.05) is 0 Å². The SMILES string of the molecule is CCc1cc(Cl)cc2c1OC(C(F)(F)F)C=C2. The molecule has 1 aromatic rings. The van der Waals surface area contributed by atoms with Crippen LogP contribution in [0.3, 0.4) is 0 Å². The van der Waals surface area contributed by atoms with Gasteiger partial charge in [-0.05, 0) is 30.2 Å². The second kappa shape index (κ2) is 4.26. The molecule has 0 saturated heterocycles. The average molecular weight is 263 g/mol. The molecule has 1 aromatic carbocycles. The monoisotopic (exact) mass is 262 g/mol. The van der Waals surface area contributed by atoms with Gasteiger partial charge in [0.25, 0.3) is 0 Å². The molecular weight excluding hydrogens is 253 g/mol. The van der Waals surface area contributed by atoms with E-state index < -0.39 is 12.3 Å². The van der Waals surface area contributed by atoms with E-state index in [-0.39, 0.29) is 5.75 Å². The van der Waals surface area contributed by atoms with E-state index in [9.17, 15) is 13.2 Å². The van der Waals surface area contributed by atoms with Crippen LogP contribution in [0.2, 0.25) is 5.02 Å². The molecule has 0 aromatic heterocycles. The molecule has 0 amide bonds. The fourth-order valence-electron chi connectivity index (χ4n) is 1.74. The van der Waals surface area contributed by atoms with E-state index in [1.165, 1.54) is 6.08 Å². The van der Waals surface area contributed by atoms with Gasteiger partial charge in [0.05, 0.1) is 0 Å². The third-order valence-electron chi connectivity index (χ3n) is 2.56. The van der Waals surface area contributed by atoms with Gasteiger partial charge in [-0.25, -0.2) is 0 Å². The predicted molar refractivity (Wildman–Crippen MR) is 60.3 cm³/mol. The van der Waals surface area contributed by atoms with Crippen LogP contribution in [0.15, 0.2) is 18.2 Å². The van der Waals surface area contributed by atoms with Crippen molar-refractivity contribution in [2.45, 2.75) is 25.6 Å². The summed E-state index contributed by atoms with van der Waals surface area (Å²) in [5.41, 5.74) is 1.28. The van der Waals surface area contributed by atoms with E-state index >= 15 is 0 Å². The number of benzene rings is 1. The standard InChI is InChI=1S/C12H10ClF3O/c1-2-7-5-9(13)6-8-3-4-10(12(14,15)16)17-11(7)8/h3-6,10H,2H2,1H3. The molecule has 1 unspecified atom stereocenters. The summed E-state index contributed by atoms with van der Waals surface area (Å²) in [6.45, 7) is 1.84. The highest BCUT2D eigenvalue weighted by Crippen LogP contribution is 2.37. The van der Waals surface area contributed by atoms with Crippen LogP contribution in [0.1, 0.15) is 18.1 Å². The number of hydrogen-bond donors (Lipinski definition) is 0. The fraction of sp³-hybridized carbons (Fsp3) is 0.333. The van der Waals surface area contributed by atoms with Gasteiger partial charge in [-0.1, -0.05) is 24.6 Å². The highest BCUT2D eigenvalue weighted by atomic mass is 35.5. The number of halogens is 4. The molecule has 0 N–H and O–H groups in total. The first-order valence-corrected chi connectivity index (χ1v) is 5.53. The Balaban J connectivity index is 2.44. The molecule has 1 aliphatic rings. The lowest BCUT2D eigenvalue weighted by atomic mass is 10.0. The first-order chi connectivity index (χ1) is 7.91. The van der Waals surface area contributed by atoms with Crippen LogP contribution >= 0.6 is 11.6 Å². The summed E-state index contributed by atoms with van der Waals surface area (Å²) >= 11 is 5.88. The van der Waals surface area contributed by atoms with Crippen molar-refractivity contribution in [1.29, 1.82) is 0 Å². The quantitative estimate of drug-likeness (QED) is 0.736. The van der Waals surface area contributed by atoms with Gasteiger partial charge in [-0.3, -0.25) is 0 Å². The van der Waals surface area contributed by atoms with E-state index in [2.05, 4.69) is 0 Å². The van der Waals surface area contributed by atoms with Crippen molar-refractivity contribution >= 4 is 17.7 Å². The number of fused-ring (bicyclic) bond motifs is 1. The lowest BCUT2D eigenvalue weighted by Crippen LogP contribution is -2.34. The van der Waals surface area contributed by atoms with E-state index in [0.29, 0.717) is 22.6 Å². The van der Waals surface area contributed by atoms with Gasteiger partial charge in [0.2, 0.25) is 6.10 Å². The molecule has 1 atom stereocenters. The lowest BCUT2D eigenvalue weighted by molar-refractivity contribution is -0.180. The van der Waals surface area contributed by atoms with E-state index in [1.54, 1.807) is 12.1 Å². The molecule has 1 heterocycles. The summed E-state index contributed by atoms with van der Waals surface area (Å²) in [5, 5.41) is 0.499. The number of hydrogen-bond acceptors (Lipinski definition) is 1. The molecule has 0 spiro atoms. The Morgan fingerprint density at radius 3 is 2.65 bits per heavy atom. The first kappa shape index (κ1) is 12.3. The second-order valence-electron chi connectivity index (χ2n) is 3.78. The van der Waals surface area contributed by atoms with Crippen LogP contribution in [-0.2, 0) is 6.42 Å². The van der Waals surface area contributed by atoms with Gasteiger partial charge in [-0.15, -0.1) is 0 Å². The molecule has 0 aliphatic carbocycles. The largest absolute Gasteiger partial charge is 0.476 e. The Morgan fingerprint density at radius 2 is 2.06 bits per heavy atom. The Labute approximate surface area is 102 Å². The smallest absolute Gasteiger partial charge is 0.429 e. The number of aryl methyl sites for hydroxylation is 1. The number of rotatable bonds is 1. The summed E-state index contributed by atoms with van der Waals surface area (Å²) in [7, 11) is 0. The minimum absolute atomic E-state index is 0.279. The Bertz CT molecular complexity index is 466. The van der Waals surface area contributed by atoms with Gasteiger partial charge in [0, 0.05) is 10.6 Å². The van der Waals surface area contributed by atoms with Crippen molar-refractivity contribution < 1.29 is 17.9 Å². The highest BCUT2D eigenvalue weighted by Gasteiger charge is 2.41. The maximum atomic E-state index is 12.5.